The van der Waals surface area contributed by atoms with E-state index in [0.717, 1.165) is 0 Å². The average molecular weight is 540 g/mol. The number of ether oxygens (including phenoxy) is 5. The van der Waals surface area contributed by atoms with Gasteiger partial charge in [-0.3, -0.25) is 30.1 Å². The summed E-state index contributed by atoms with van der Waals surface area (Å²) in [7, 11) is 0. The summed E-state index contributed by atoms with van der Waals surface area (Å²) in [6.45, 7) is 0.319. The van der Waals surface area contributed by atoms with Crippen LogP contribution in [0.1, 0.15) is 19.3 Å². The van der Waals surface area contributed by atoms with Crippen molar-refractivity contribution >= 4 is 23.9 Å². The van der Waals surface area contributed by atoms with Crippen molar-refractivity contribution < 1.29 is 63.6 Å². The highest BCUT2D eigenvalue weighted by Gasteiger charge is 2.52. The van der Waals surface area contributed by atoms with Crippen LogP contribution >= 0.6 is 0 Å². The van der Waals surface area contributed by atoms with Gasteiger partial charge in [-0.2, -0.15) is 0 Å². The van der Waals surface area contributed by atoms with E-state index < -0.39 is 116 Å². The van der Waals surface area contributed by atoms with Gasteiger partial charge in [0.1, 0.15) is 12.7 Å². The number of rotatable bonds is 15. The van der Waals surface area contributed by atoms with Gasteiger partial charge in [0.2, 0.25) is 0 Å². The molecule has 19 heteroatoms. The van der Waals surface area contributed by atoms with Crippen molar-refractivity contribution in [3.05, 3.63) is 28.3 Å². The highest BCUT2D eigenvalue weighted by Crippen LogP contribution is 2.28. The standard InChI is InChI=1S/C18H26N3O16/c1-2-11(22)35-15-10(9-33-12(23)3-6-19(27)28)34-18(26)17(37-14(25)5-8-21(31)32)16(15)36-13(24)4-7-20(29)30/h2,10,15-18,26-27,29,31H,1,3-9H2/q-3. The van der Waals surface area contributed by atoms with E-state index in [2.05, 4.69) is 6.58 Å². The van der Waals surface area contributed by atoms with Crippen molar-refractivity contribution in [2.45, 2.75) is 50.0 Å². The number of aliphatic hydroxyl groups excluding tert-OH is 1. The molecule has 0 bridgehead atoms. The third kappa shape index (κ3) is 12.3. The molecule has 1 fully saturated rings. The lowest BCUT2D eigenvalue weighted by Gasteiger charge is -2.42. The van der Waals surface area contributed by atoms with Gasteiger partial charge < -0.3 is 60.0 Å². The molecule has 1 aliphatic rings. The number of hydrogen-bond donors (Lipinski definition) is 4. The predicted octanol–water partition coefficient (Wildman–Crippen LogP) is -2.09. The zero-order valence-corrected chi connectivity index (χ0v) is 19.2. The first-order valence-electron chi connectivity index (χ1n) is 10.5. The van der Waals surface area contributed by atoms with Crippen LogP contribution < -0.4 is 0 Å². The number of carbonyl (C=O) groups is 4. The Bertz CT molecular complexity index is 778. The minimum absolute atomic E-state index is 0.524. The first-order chi connectivity index (χ1) is 17.3. The molecule has 5 unspecified atom stereocenters. The van der Waals surface area contributed by atoms with Crippen LogP contribution in [-0.2, 0) is 42.9 Å². The molecule has 1 rings (SSSR count). The third-order valence-corrected chi connectivity index (χ3v) is 4.49. The Hall–Kier alpha value is -2.82. The Morgan fingerprint density at radius 3 is 1.70 bits per heavy atom. The molecule has 212 valence electrons. The van der Waals surface area contributed by atoms with E-state index in [-0.39, 0.29) is 0 Å². The van der Waals surface area contributed by atoms with Crippen molar-refractivity contribution in [1.82, 2.24) is 15.7 Å². The van der Waals surface area contributed by atoms with Gasteiger partial charge in [-0.25, -0.2) is 4.79 Å². The van der Waals surface area contributed by atoms with Crippen molar-refractivity contribution in [2.24, 2.45) is 0 Å². The molecule has 0 aromatic rings. The Labute approximate surface area is 208 Å². The predicted molar refractivity (Wildman–Crippen MR) is 111 cm³/mol. The van der Waals surface area contributed by atoms with Crippen LogP contribution in [0.5, 0.6) is 0 Å². The van der Waals surface area contributed by atoms with E-state index in [1.165, 1.54) is 0 Å². The molecule has 37 heavy (non-hydrogen) atoms. The summed E-state index contributed by atoms with van der Waals surface area (Å²) in [4.78, 5) is 48.1. The first kappa shape index (κ1) is 32.2. The number of hydrogen-bond acceptors (Lipinski definition) is 19. The molecule has 19 nitrogen and oxygen atoms in total. The Morgan fingerprint density at radius 1 is 0.784 bits per heavy atom. The minimum Gasteiger partial charge on any atom is -0.762 e. The normalized spacial score (nSPS) is 23.6. The maximum Gasteiger partial charge on any atom is 0.330 e. The molecule has 0 aromatic carbocycles. The number of nitrogens with zero attached hydrogens (tertiary/aromatic N) is 3. The van der Waals surface area contributed by atoms with E-state index in [9.17, 15) is 39.9 Å². The minimum atomic E-state index is -2.09. The second kappa shape index (κ2) is 16.1. The van der Waals surface area contributed by atoms with E-state index in [1.54, 1.807) is 0 Å². The Morgan fingerprint density at radius 2 is 1.24 bits per heavy atom. The van der Waals surface area contributed by atoms with Crippen LogP contribution in [0.25, 0.3) is 0 Å². The molecule has 0 amide bonds. The second-order valence-electron chi connectivity index (χ2n) is 7.24. The fourth-order valence-corrected chi connectivity index (χ4v) is 2.84. The SMILES string of the molecule is C=CC(=O)OC1C(COC(=O)CCN([O-])O)OC(O)C(OC(=O)CCN([O-])O)C1OC(=O)CCN([O-])O. The lowest BCUT2D eigenvalue weighted by molar-refractivity contribution is -0.296. The monoisotopic (exact) mass is 540 g/mol. The van der Waals surface area contributed by atoms with Crippen LogP contribution in [0.4, 0.5) is 0 Å². The molecule has 0 radical (unpaired) electrons. The first-order valence-corrected chi connectivity index (χ1v) is 10.5. The van der Waals surface area contributed by atoms with E-state index in [4.69, 9.17) is 39.3 Å². The quantitative estimate of drug-likeness (QED) is 0.0749. The third-order valence-electron chi connectivity index (χ3n) is 4.49. The van der Waals surface area contributed by atoms with Crippen LogP contribution in [0.15, 0.2) is 12.7 Å². The summed E-state index contributed by atoms with van der Waals surface area (Å²) in [5, 5.41) is 66.5. The fraction of sp³-hybridized carbons (Fsp3) is 0.667. The summed E-state index contributed by atoms with van der Waals surface area (Å²) in [6, 6.07) is 0. The second-order valence-corrected chi connectivity index (χ2v) is 7.24. The van der Waals surface area contributed by atoms with E-state index in [1.807, 2.05) is 0 Å². The molecule has 4 N–H and O–H groups in total. The lowest BCUT2D eigenvalue weighted by Crippen LogP contribution is -2.62. The molecule has 0 aromatic heterocycles. The molecule has 0 spiro atoms. The van der Waals surface area contributed by atoms with Gasteiger partial charge in [-0.1, -0.05) is 6.58 Å². The molecular formula is C18H26N3O16-3. The van der Waals surface area contributed by atoms with Gasteiger partial charge in [0.05, 0.1) is 19.3 Å². The van der Waals surface area contributed by atoms with Crippen molar-refractivity contribution in [1.29, 1.82) is 0 Å². The van der Waals surface area contributed by atoms with Gasteiger partial charge in [-0.05, 0) is 0 Å². The molecule has 5 atom stereocenters. The number of carbonyl (C=O) groups excluding carboxylic acids is 4. The summed E-state index contributed by atoms with van der Waals surface area (Å²) in [6.07, 6.45) is -10.4. The van der Waals surface area contributed by atoms with Crippen LogP contribution in [0, 0.1) is 15.6 Å². The zero-order chi connectivity index (χ0) is 28.1. The zero-order valence-electron chi connectivity index (χ0n) is 19.2. The summed E-state index contributed by atoms with van der Waals surface area (Å²) >= 11 is 0. The van der Waals surface area contributed by atoms with E-state index >= 15 is 0 Å². The maximum atomic E-state index is 12.2. The van der Waals surface area contributed by atoms with Gasteiger partial charge in [-0.15, -0.1) is 0 Å². The van der Waals surface area contributed by atoms with Crippen molar-refractivity contribution in [2.75, 3.05) is 26.2 Å². The lowest BCUT2D eigenvalue weighted by atomic mass is 9.98. The van der Waals surface area contributed by atoms with Crippen LogP contribution in [0.2, 0.25) is 0 Å². The van der Waals surface area contributed by atoms with Crippen molar-refractivity contribution in [3.63, 3.8) is 0 Å². The maximum absolute atomic E-state index is 12.2. The summed E-state index contributed by atoms with van der Waals surface area (Å²) in [5.74, 6) is -4.51. The Balaban J connectivity index is 3.18. The molecule has 0 aliphatic carbocycles. The molecule has 1 saturated heterocycles. The largest absolute Gasteiger partial charge is 0.762 e. The Kier molecular flexibility index (Phi) is 14.0. The number of aliphatic hydroxyl groups is 1. The van der Waals surface area contributed by atoms with Gasteiger partial charge in [0.15, 0.2) is 24.6 Å². The van der Waals surface area contributed by atoms with Crippen LogP contribution in [-0.4, -0.2) is 117 Å². The summed E-state index contributed by atoms with van der Waals surface area (Å²) in [5.41, 5.74) is 0. The fourth-order valence-electron chi connectivity index (χ4n) is 2.84. The molecule has 0 saturated carbocycles. The molecule has 1 heterocycles. The smallest absolute Gasteiger partial charge is 0.330 e. The van der Waals surface area contributed by atoms with Gasteiger partial charge in [0, 0.05) is 25.7 Å². The summed E-state index contributed by atoms with van der Waals surface area (Å²) < 4.78 is 25.3. The van der Waals surface area contributed by atoms with Crippen molar-refractivity contribution in [3.8, 4) is 0 Å². The topological polar surface area (TPSA) is 274 Å². The van der Waals surface area contributed by atoms with Gasteiger partial charge in [0.25, 0.3) is 0 Å². The number of hydroxylamine groups is 6. The molecule has 1 aliphatic heterocycles. The number of esters is 4. The average Bonchev–Trinajstić information content (AvgIpc) is 2.82. The molecular weight excluding hydrogens is 514 g/mol. The van der Waals surface area contributed by atoms with Crippen LogP contribution in [0.3, 0.4) is 0 Å². The highest BCUT2D eigenvalue weighted by molar-refractivity contribution is 5.81. The van der Waals surface area contributed by atoms with Gasteiger partial charge >= 0.3 is 23.9 Å². The van der Waals surface area contributed by atoms with E-state index in [0.29, 0.717) is 6.08 Å². The highest BCUT2D eigenvalue weighted by atomic mass is 16.8.